The average molecular weight is 346 g/mol. The zero-order valence-corrected chi connectivity index (χ0v) is 14.8. The van der Waals surface area contributed by atoms with E-state index < -0.39 is 5.97 Å². The highest BCUT2D eigenvalue weighted by Gasteiger charge is 2.23. The predicted octanol–water partition coefficient (Wildman–Crippen LogP) is 4.49. The third-order valence-corrected chi connectivity index (χ3v) is 4.88. The van der Waals surface area contributed by atoms with Gasteiger partial charge in [0, 0.05) is 6.54 Å². The van der Waals surface area contributed by atoms with Crippen LogP contribution >= 0.6 is 12.4 Å². The Hall–Kier alpha value is -1.84. The molecule has 1 aliphatic heterocycles. The van der Waals surface area contributed by atoms with Crippen molar-refractivity contribution < 1.29 is 9.90 Å². The number of carboxylic acids is 1. The first-order valence-corrected chi connectivity index (χ1v) is 8.24. The molecular weight excluding hydrogens is 322 g/mol. The Morgan fingerprint density at radius 1 is 1.08 bits per heavy atom. The van der Waals surface area contributed by atoms with Crippen LogP contribution in [0, 0.1) is 6.92 Å². The number of piperidine rings is 1. The predicted molar refractivity (Wildman–Crippen MR) is 99.1 cm³/mol. The van der Waals surface area contributed by atoms with Crippen LogP contribution in [0.5, 0.6) is 0 Å². The van der Waals surface area contributed by atoms with Crippen molar-refractivity contribution in [3.63, 3.8) is 0 Å². The molecule has 0 bridgehead atoms. The van der Waals surface area contributed by atoms with Gasteiger partial charge in [-0.25, -0.2) is 4.79 Å². The van der Waals surface area contributed by atoms with Crippen LogP contribution in [0.25, 0.3) is 0 Å². The molecule has 24 heavy (non-hydrogen) atoms. The molecule has 2 aromatic carbocycles. The molecule has 0 aromatic heterocycles. The van der Waals surface area contributed by atoms with Crippen LogP contribution in [0.2, 0.25) is 0 Å². The molecule has 0 saturated carbocycles. The number of nitrogens with zero attached hydrogens (tertiary/aromatic N) is 1. The van der Waals surface area contributed by atoms with Gasteiger partial charge in [0.2, 0.25) is 0 Å². The second kappa shape index (κ2) is 8.32. The lowest BCUT2D eigenvalue weighted by atomic mass is 9.85. The monoisotopic (exact) mass is 345 g/mol. The maximum atomic E-state index is 11.3. The summed E-state index contributed by atoms with van der Waals surface area (Å²) in [7, 11) is 0. The maximum Gasteiger partial charge on any atom is 0.335 e. The van der Waals surface area contributed by atoms with E-state index in [0.717, 1.165) is 38.0 Å². The Balaban J connectivity index is 0.00000208. The number of hydrogen-bond donors (Lipinski definition) is 1. The van der Waals surface area contributed by atoms with Gasteiger partial charge >= 0.3 is 5.97 Å². The van der Waals surface area contributed by atoms with E-state index in [1.54, 1.807) is 6.07 Å². The lowest BCUT2D eigenvalue weighted by Gasteiger charge is -2.33. The molecule has 0 aliphatic carbocycles. The van der Waals surface area contributed by atoms with E-state index in [1.807, 2.05) is 19.1 Å². The Kier molecular flexibility index (Phi) is 6.41. The molecule has 128 valence electrons. The van der Waals surface area contributed by atoms with Gasteiger partial charge in [0.05, 0.1) is 5.56 Å². The van der Waals surface area contributed by atoms with Gasteiger partial charge in [-0.15, -0.1) is 12.4 Å². The van der Waals surface area contributed by atoms with Gasteiger partial charge in [-0.05, 0) is 61.5 Å². The van der Waals surface area contributed by atoms with Crippen LogP contribution in [-0.2, 0) is 6.54 Å². The van der Waals surface area contributed by atoms with E-state index in [-0.39, 0.29) is 12.4 Å². The minimum Gasteiger partial charge on any atom is -0.478 e. The minimum atomic E-state index is -0.828. The van der Waals surface area contributed by atoms with Gasteiger partial charge in [-0.3, -0.25) is 4.90 Å². The van der Waals surface area contributed by atoms with Gasteiger partial charge < -0.3 is 5.11 Å². The third-order valence-electron chi connectivity index (χ3n) is 4.88. The van der Waals surface area contributed by atoms with Crippen LogP contribution in [0.15, 0.2) is 48.5 Å². The highest BCUT2D eigenvalue weighted by molar-refractivity contribution is 5.89. The molecular formula is C20H24ClNO2. The van der Waals surface area contributed by atoms with E-state index in [9.17, 15) is 9.90 Å². The van der Waals surface area contributed by atoms with E-state index in [2.05, 4.69) is 35.2 Å². The number of benzene rings is 2. The fourth-order valence-electron chi connectivity index (χ4n) is 3.57. The van der Waals surface area contributed by atoms with Crippen LogP contribution in [0.1, 0.15) is 45.8 Å². The van der Waals surface area contributed by atoms with Crippen molar-refractivity contribution in [2.24, 2.45) is 0 Å². The summed E-state index contributed by atoms with van der Waals surface area (Å²) in [6.07, 6.45) is 2.19. The zero-order valence-electron chi connectivity index (χ0n) is 13.9. The molecule has 1 fully saturated rings. The molecule has 0 radical (unpaired) electrons. The molecule has 1 N–H and O–H groups in total. The number of aromatic carboxylic acids is 1. The molecule has 1 saturated heterocycles. The van der Waals surface area contributed by atoms with Gasteiger partial charge in [-0.1, -0.05) is 42.5 Å². The first kappa shape index (κ1) is 18.5. The largest absolute Gasteiger partial charge is 0.478 e. The molecule has 0 unspecified atom stereocenters. The van der Waals surface area contributed by atoms with Crippen molar-refractivity contribution in [1.29, 1.82) is 0 Å². The van der Waals surface area contributed by atoms with Crippen molar-refractivity contribution >= 4 is 18.4 Å². The summed E-state index contributed by atoms with van der Waals surface area (Å²) in [5.41, 5.74) is 3.94. The first-order valence-electron chi connectivity index (χ1n) is 8.24. The van der Waals surface area contributed by atoms with Crippen LogP contribution in [0.4, 0.5) is 0 Å². The number of likely N-dealkylation sites (tertiary alicyclic amines) is 1. The summed E-state index contributed by atoms with van der Waals surface area (Å²) in [6.45, 7) is 5.07. The van der Waals surface area contributed by atoms with Gasteiger partial charge in [0.25, 0.3) is 0 Å². The van der Waals surface area contributed by atoms with E-state index >= 15 is 0 Å². The molecule has 4 heteroatoms. The quantitative estimate of drug-likeness (QED) is 0.887. The summed E-state index contributed by atoms with van der Waals surface area (Å²) in [4.78, 5) is 13.8. The Bertz CT molecular complexity index is 679. The van der Waals surface area contributed by atoms with Crippen molar-refractivity contribution in [3.8, 4) is 0 Å². The second-order valence-electron chi connectivity index (χ2n) is 6.36. The zero-order chi connectivity index (χ0) is 16.2. The lowest BCUT2D eigenvalue weighted by molar-refractivity contribution is 0.0696. The summed E-state index contributed by atoms with van der Waals surface area (Å²) >= 11 is 0. The standard InChI is InChI=1S/C20H23NO2.ClH/c1-15-18(8-5-9-19(15)20(22)23)17-10-12-21(13-11-17)14-16-6-3-2-4-7-16;/h2-9,17H,10-14H2,1H3,(H,22,23);1H. The normalized spacial score (nSPS) is 15.7. The summed E-state index contributed by atoms with van der Waals surface area (Å²) < 4.78 is 0. The highest BCUT2D eigenvalue weighted by Crippen LogP contribution is 2.31. The molecule has 1 aliphatic rings. The number of hydrogen-bond acceptors (Lipinski definition) is 2. The lowest BCUT2D eigenvalue weighted by Crippen LogP contribution is -2.32. The van der Waals surface area contributed by atoms with Crippen molar-refractivity contribution in [1.82, 2.24) is 4.90 Å². The number of halogens is 1. The van der Waals surface area contributed by atoms with Crippen LogP contribution in [0.3, 0.4) is 0 Å². The molecule has 0 spiro atoms. The van der Waals surface area contributed by atoms with Crippen molar-refractivity contribution in [2.75, 3.05) is 13.1 Å². The summed E-state index contributed by atoms with van der Waals surface area (Å²) in [5.74, 6) is -0.354. The van der Waals surface area contributed by atoms with Crippen molar-refractivity contribution in [2.45, 2.75) is 32.2 Å². The fourth-order valence-corrected chi connectivity index (χ4v) is 3.57. The second-order valence-corrected chi connectivity index (χ2v) is 6.36. The van der Waals surface area contributed by atoms with Gasteiger partial charge in [0.1, 0.15) is 0 Å². The molecule has 0 atom stereocenters. The van der Waals surface area contributed by atoms with E-state index in [4.69, 9.17) is 0 Å². The van der Waals surface area contributed by atoms with Crippen molar-refractivity contribution in [3.05, 3.63) is 70.8 Å². The Labute approximate surface area is 149 Å². The molecule has 0 amide bonds. The molecule has 1 heterocycles. The maximum absolute atomic E-state index is 11.3. The van der Waals surface area contributed by atoms with Crippen LogP contribution < -0.4 is 0 Å². The molecule has 3 nitrogen and oxygen atoms in total. The van der Waals surface area contributed by atoms with E-state index in [1.165, 1.54) is 11.1 Å². The third kappa shape index (κ3) is 4.16. The minimum absolute atomic E-state index is 0. The van der Waals surface area contributed by atoms with E-state index in [0.29, 0.717) is 11.5 Å². The fraction of sp³-hybridized carbons (Fsp3) is 0.350. The van der Waals surface area contributed by atoms with Crippen LogP contribution in [-0.4, -0.2) is 29.1 Å². The topological polar surface area (TPSA) is 40.5 Å². The molecule has 3 rings (SSSR count). The van der Waals surface area contributed by atoms with Gasteiger partial charge in [-0.2, -0.15) is 0 Å². The average Bonchev–Trinajstić information content (AvgIpc) is 2.57. The number of carbonyl (C=O) groups is 1. The SMILES string of the molecule is Cc1c(C(=O)O)cccc1C1CCN(Cc2ccccc2)CC1.Cl. The first-order chi connectivity index (χ1) is 11.1. The smallest absolute Gasteiger partial charge is 0.335 e. The number of carboxylic acid groups (broad SMARTS) is 1. The van der Waals surface area contributed by atoms with Gasteiger partial charge in [0.15, 0.2) is 0 Å². The Morgan fingerprint density at radius 2 is 1.75 bits per heavy atom. The number of rotatable bonds is 4. The summed E-state index contributed by atoms with van der Waals surface area (Å²) in [6, 6.07) is 16.2. The molecule has 2 aromatic rings. The summed E-state index contributed by atoms with van der Waals surface area (Å²) in [5, 5.41) is 9.29. The Morgan fingerprint density at radius 3 is 2.38 bits per heavy atom. The highest BCUT2D eigenvalue weighted by atomic mass is 35.5.